The van der Waals surface area contributed by atoms with E-state index in [-0.39, 0.29) is 12.4 Å². The van der Waals surface area contributed by atoms with Crippen LogP contribution >= 0.6 is 0 Å². The Balaban J connectivity index is 2.20. The van der Waals surface area contributed by atoms with Crippen LogP contribution in [0.15, 0.2) is 47.6 Å². The molecule has 1 aliphatic rings. The van der Waals surface area contributed by atoms with Crippen LogP contribution in [-0.4, -0.2) is 11.7 Å². The van der Waals surface area contributed by atoms with E-state index >= 15 is 0 Å². The van der Waals surface area contributed by atoms with Gasteiger partial charge in [0.2, 0.25) is 0 Å². The summed E-state index contributed by atoms with van der Waals surface area (Å²) in [5.74, 6) is -0.289. The van der Waals surface area contributed by atoms with E-state index in [1.54, 1.807) is 0 Å². The number of hydrogen-bond acceptors (Lipinski definition) is 3. The van der Waals surface area contributed by atoms with E-state index in [1.807, 2.05) is 42.5 Å². The summed E-state index contributed by atoms with van der Waals surface area (Å²) in [4.78, 5) is 15.6. The smallest absolute Gasteiger partial charge is 0.318 e. The highest BCUT2D eigenvalue weighted by Gasteiger charge is 2.20. The van der Waals surface area contributed by atoms with Crippen molar-refractivity contribution in [3.05, 3.63) is 48.0 Å². The van der Waals surface area contributed by atoms with Gasteiger partial charge in [0.05, 0.1) is 12.1 Å². The van der Waals surface area contributed by atoms with E-state index in [2.05, 4.69) is 9.99 Å². The molecule has 0 unspecified atom stereocenters. The lowest BCUT2D eigenvalue weighted by atomic mass is 10.00. The molecule has 2 aromatic rings. The van der Waals surface area contributed by atoms with Crippen LogP contribution in [0.4, 0.5) is 0 Å². The third-order valence-corrected chi connectivity index (χ3v) is 2.67. The van der Waals surface area contributed by atoms with Crippen molar-refractivity contribution < 1.29 is 9.63 Å². The van der Waals surface area contributed by atoms with Crippen LogP contribution in [0.1, 0.15) is 12.0 Å². The van der Waals surface area contributed by atoms with Crippen LogP contribution in [0.25, 0.3) is 10.8 Å². The molecule has 0 atom stereocenters. The fraction of sp³-hybridized carbons (Fsp3) is 0.0769. The summed E-state index contributed by atoms with van der Waals surface area (Å²) >= 11 is 0. The molecular weight excluding hydrogens is 202 g/mol. The molecule has 3 rings (SSSR count). The van der Waals surface area contributed by atoms with E-state index in [1.165, 1.54) is 0 Å². The number of carbonyl (C=O) groups excluding carboxylic acids is 1. The third kappa shape index (κ3) is 1.37. The molecule has 0 saturated carbocycles. The number of hydrogen-bond donors (Lipinski definition) is 0. The Morgan fingerprint density at radius 1 is 1.06 bits per heavy atom. The lowest BCUT2D eigenvalue weighted by Crippen LogP contribution is -2.01. The van der Waals surface area contributed by atoms with Crippen molar-refractivity contribution in [2.75, 3.05) is 0 Å². The summed E-state index contributed by atoms with van der Waals surface area (Å²) < 4.78 is 0. The lowest BCUT2D eigenvalue weighted by molar-refractivity contribution is -0.140. The van der Waals surface area contributed by atoms with Gasteiger partial charge in [0, 0.05) is 5.56 Å². The zero-order valence-electron chi connectivity index (χ0n) is 8.51. The molecule has 0 bridgehead atoms. The zero-order chi connectivity index (χ0) is 11.0. The van der Waals surface area contributed by atoms with Crippen molar-refractivity contribution in [3.63, 3.8) is 0 Å². The summed E-state index contributed by atoms with van der Waals surface area (Å²) in [7, 11) is 0. The number of benzene rings is 2. The van der Waals surface area contributed by atoms with Crippen molar-refractivity contribution in [1.29, 1.82) is 0 Å². The molecule has 3 nitrogen and oxygen atoms in total. The van der Waals surface area contributed by atoms with Gasteiger partial charge in [0.15, 0.2) is 0 Å². The fourth-order valence-corrected chi connectivity index (χ4v) is 1.93. The number of rotatable bonds is 1. The molecule has 0 spiro atoms. The van der Waals surface area contributed by atoms with Crippen LogP contribution in [0.5, 0.6) is 0 Å². The van der Waals surface area contributed by atoms with Gasteiger partial charge in [0.25, 0.3) is 0 Å². The van der Waals surface area contributed by atoms with Gasteiger partial charge in [-0.1, -0.05) is 47.6 Å². The van der Waals surface area contributed by atoms with Gasteiger partial charge in [-0.15, -0.1) is 0 Å². The second-order valence-corrected chi connectivity index (χ2v) is 3.70. The van der Waals surface area contributed by atoms with Crippen molar-refractivity contribution in [3.8, 4) is 0 Å². The predicted octanol–water partition coefficient (Wildman–Crippen LogP) is 2.49. The number of fused-ring (bicyclic) bond motifs is 1. The highest BCUT2D eigenvalue weighted by molar-refractivity contribution is 6.17. The van der Waals surface area contributed by atoms with Crippen LogP contribution in [0, 0.1) is 0 Å². The molecule has 0 amide bonds. The van der Waals surface area contributed by atoms with Gasteiger partial charge in [-0.05, 0) is 10.8 Å². The molecule has 0 aromatic heterocycles. The third-order valence-electron chi connectivity index (χ3n) is 2.67. The Hall–Kier alpha value is -2.16. The Morgan fingerprint density at radius 3 is 2.69 bits per heavy atom. The minimum Gasteiger partial charge on any atom is -0.318 e. The van der Waals surface area contributed by atoms with Gasteiger partial charge in [0.1, 0.15) is 0 Å². The molecule has 0 fully saturated rings. The molecule has 1 heterocycles. The first kappa shape index (κ1) is 9.09. The molecule has 0 saturated heterocycles. The summed E-state index contributed by atoms with van der Waals surface area (Å²) in [5, 5.41) is 6.04. The Labute approximate surface area is 92.3 Å². The molecule has 0 N–H and O–H groups in total. The maximum Gasteiger partial charge on any atom is 0.341 e. The Kier molecular flexibility index (Phi) is 1.96. The van der Waals surface area contributed by atoms with Crippen molar-refractivity contribution in [2.24, 2.45) is 5.16 Å². The summed E-state index contributed by atoms with van der Waals surface area (Å²) in [6.07, 6.45) is 0.258. The van der Waals surface area contributed by atoms with Gasteiger partial charge in [-0.25, -0.2) is 4.79 Å². The van der Waals surface area contributed by atoms with Crippen molar-refractivity contribution in [1.82, 2.24) is 0 Å². The average molecular weight is 211 g/mol. The van der Waals surface area contributed by atoms with Crippen LogP contribution < -0.4 is 0 Å². The van der Waals surface area contributed by atoms with E-state index in [0.717, 1.165) is 16.3 Å². The normalized spacial score (nSPS) is 15.0. The number of oxime groups is 1. The minimum absolute atomic E-state index is 0.258. The standard InChI is InChI=1S/C13H9NO2/c15-13-8-12(14-16-13)11-7-3-5-9-4-1-2-6-10(9)11/h1-7H,8H2. The van der Waals surface area contributed by atoms with Crippen molar-refractivity contribution >= 4 is 22.5 Å². The van der Waals surface area contributed by atoms with Crippen molar-refractivity contribution in [2.45, 2.75) is 6.42 Å². The molecule has 0 radical (unpaired) electrons. The maximum atomic E-state index is 11.0. The first-order chi connectivity index (χ1) is 7.84. The summed E-state index contributed by atoms with van der Waals surface area (Å²) in [6, 6.07) is 14.0. The van der Waals surface area contributed by atoms with Gasteiger partial charge in [-0.2, -0.15) is 0 Å². The van der Waals surface area contributed by atoms with E-state index in [9.17, 15) is 4.79 Å². The quantitative estimate of drug-likeness (QED) is 0.680. The minimum atomic E-state index is -0.289. The molecule has 1 aliphatic heterocycles. The van der Waals surface area contributed by atoms with E-state index < -0.39 is 0 Å². The largest absolute Gasteiger partial charge is 0.341 e. The van der Waals surface area contributed by atoms with Gasteiger partial charge < -0.3 is 4.84 Å². The van der Waals surface area contributed by atoms with Crippen LogP contribution in [-0.2, 0) is 9.63 Å². The SMILES string of the molecule is O=C1CC(c2cccc3ccccc23)=NO1. The summed E-state index contributed by atoms with van der Waals surface area (Å²) in [5.41, 5.74) is 1.69. The molecule has 2 aromatic carbocycles. The first-order valence-corrected chi connectivity index (χ1v) is 5.09. The van der Waals surface area contributed by atoms with E-state index in [4.69, 9.17) is 0 Å². The van der Waals surface area contributed by atoms with E-state index in [0.29, 0.717) is 5.71 Å². The van der Waals surface area contributed by atoms with Gasteiger partial charge >= 0.3 is 5.97 Å². The second-order valence-electron chi connectivity index (χ2n) is 3.70. The monoisotopic (exact) mass is 211 g/mol. The molecule has 3 heteroatoms. The molecule has 16 heavy (non-hydrogen) atoms. The Morgan fingerprint density at radius 2 is 1.88 bits per heavy atom. The molecule has 78 valence electrons. The maximum absolute atomic E-state index is 11.0. The highest BCUT2D eigenvalue weighted by Crippen LogP contribution is 2.22. The average Bonchev–Trinajstić information content (AvgIpc) is 2.75. The van der Waals surface area contributed by atoms with Crippen LogP contribution in [0.2, 0.25) is 0 Å². The molecule has 0 aliphatic carbocycles. The fourth-order valence-electron chi connectivity index (χ4n) is 1.93. The lowest BCUT2D eigenvalue weighted by Gasteiger charge is -2.03. The second kappa shape index (κ2) is 3.45. The van der Waals surface area contributed by atoms with Gasteiger partial charge in [-0.3, -0.25) is 0 Å². The highest BCUT2D eigenvalue weighted by atomic mass is 16.7. The summed E-state index contributed by atoms with van der Waals surface area (Å²) in [6.45, 7) is 0. The number of nitrogens with zero attached hydrogens (tertiary/aromatic N) is 1. The topological polar surface area (TPSA) is 38.7 Å². The first-order valence-electron chi connectivity index (χ1n) is 5.09. The zero-order valence-corrected chi connectivity index (χ0v) is 8.51. The number of carbonyl (C=O) groups is 1. The Bertz CT molecular complexity index is 596. The predicted molar refractivity (Wildman–Crippen MR) is 61.2 cm³/mol. The molecular formula is C13H9NO2. The van der Waals surface area contributed by atoms with Crippen LogP contribution in [0.3, 0.4) is 0 Å².